The van der Waals surface area contributed by atoms with Crippen LogP contribution in [0.25, 0.3) is 0 Å². The van der Waals surface area contributed by atoms with E-state index in [9.17, 15) is 9.18 Å². The zero-order valence-corrected chi connectivity index (χ0v) is 10.8. The van der Waals surface area contributed by atoms with Gasteiger partial charge in [-0.05, 0) is 49.2 Å². The van der Waals surface area contributed by atoms with Crippen LogP contribution < -0.4 is 5.73 Å². The van der Waals surface area contributed by atoms with Crippen LogP contribution in [0.15, 0.2) is 42.5 Å². The Kier molecular flexibility index (Phi) is 4.07. The van der Waals surface area contributed by atoms with Gasteiger partial charge in [-0.2, -0.15) is 0 Å². The fourth-order valence-electron chi connectivity index (χ4n) is 1.94. The summed E-state index contributed by atoms with van der Waals surface area (Å²) >= 11 is 0. The minimum absolute atomic E-state index is 0.0950. The van der Waals surface area contributed by atoms with Crippen LogP contribution in [0.1, 0.15) is 27.0 Å². The van der Waals surface area contributed by atoms with E-state index in [4.69, 9.17) is 5.73 Å². The van der Waals surface area contributed by atoms with Gasteiger partial charge >= 0.3 is 0 Å². The lowest BCUT2D eigenvalue weighted by Gasteiger charge is -2.05. The maximum Gasteiger partial charge on any atom is 0.193 e. The molecular formula is C16H16FNO. The van der Waals surface area contributed by atoms with Crippen molar-refractivity contribution in [1.82, 2.24) is 0 Å². The minimum atomic E-state index is -0.296. The van der Waals surface area contributed by atoms with Gasteiger partial charge in [0, 0.05) is 11.1 Å². The predicted molar refractivity (Wildman–Crippen MR) is 73.8 cm³/mol. The van der Waals surface area contributed by atoms with E-state index in [1.807, 2.05) is 12.1 Å². The van der Waals surface area contributed by atoms with Crippen LogP contribution in [0.4, 0.5) is 4.39 Å². The average Bonchev–Trinajstić information content (AvgIpc) is 2.42. The van der Waals surface area contributed by atoms with Crippen molar-refractivity contribution >= 4 is 5.78 Å². The molecule has 0 fully saturated rings. The van der Waals surface area contributed by atoms with Crippen molar-refractivity contribution in [3.63, 3.8) is 0 Å². The first-order valence-electron chi connectivity index (χ1n) is 6.21. The van der Waals surface area contributed by atoms with Gasteiger partial charge in [-0.15, -0.1) is 0 Å². The van der Waals surface area contributed by atoms with Crippen molar-refractivity contribution < 1.29 is 9.18 Å². The molecule has 0 atom stereocenters. The number of benzene rings is 2. The van der Waals surface area contributed by atoms with E-state index in [-0.39, 0.29) is 11.6 Å². The Labute approximate surface area is 112 Å². The van der Waals surface area contributed by atoms with Crippen LogP contribution in [0.5, 0.6) is 0 Å². The number of hydrogen-bond acceptors (Lipinski definition) is 2. The second kappa shape index (κ2) is 5.76. The molecule has 0 bridgehead atoms. The van der Waals surface area contributed by atoms with Gasteiger partial charge in [-0.25, -0.2) is 4.39 Å². The first-order valence-corrected chi connectivity index (χ1v) is 6.21. The lowest BCUT2D eigenvalue weighted by Crippen LogP contribution is -2.05. The minimum Gasteiger partial charge on any atom is -0.330 e. The molecule has 0 amide bonds. The number of ketones is 1. The summed E-state index contributed by atoms with van der Waals surface area (Å²) in [5.41, 5.74) is 8.17. The largest absolute Gasteiger partial charge is 0.330 e. The zero-order valence-electron chi connectivity index (χ0n) is 10.8. The molecule has 2 aromatic carbocycles. The summed E-state index contributed by atoms with van der Waals surface area (Å²) in [4.78, 5) is 12.2. The normalized spacial score (nSPS) is 10.5. The maximum atomic E-state index is 13.2. The van der Waals surface area contributed by atoms with Crippen molar-refractivity contribution in [2.45, 2.75) is 13.3 Å². The smallest absolute Gasteiger partial charge is 0.193 e. The van der Waals surface area contributed by atoms with Crippen molar-refractivity contribution in [1.29, 1.82) is 0 Å². The highest BCUT2D eigenvalue weighted by atomic mass is 19.1. The molecular weight excluding hydrogens is 241 g/mol. The number of rotatable bonds is 4. The number of hydrogen-bond donors (Lipinski definition) is 1. The Morgan fingerprint density at radius 3 is 2.32 bits per heavy atom. The third kappa shape index (κ3) is 3.06. The molecule has 0 aliphatic rings. The van der Waals surface area contributed by atoms with Gasteiger partial charge in [0.2, 0.25) is 0 Å². The van der Waals surface area contributed by atoms with Crippen LogP contribution in [0.2, 0.25) is 0 Å². The Hall–Kier alpha value is -2.00. The maximum absolute atomic E-state index is 13.2. The molecule has 3 heteroatoms. The number of nitrogens with two attached hydrogens (primary N) is 1. The highest BCUT2D eigenvalue weighted by Gasteiger charge is 2.10. The quantitative estimate of drug-likeness (QED) is 0.856. The van der Waals surface area contributed by atoms with Gasteiger partial charge in [0.05, 0.1) is 0 Å². The van der Waals surface area contributed by atoms with Crippen LogP contribution in [0.3, 0.4) is 0 Å². The monoisotopic (exact) mass is 257 g/mol. The second-order valence-electron chi connectivity index (χ2n) is 4.53. The number of carbonyl (C=O) groups is 1. The Balaban J connectivity index is 2.25. The molecule has 0 saturated carbocycles. The highest BCUT2D eigenvalue weighted by Crippen LogP contribution is 2.14. The van der Waals surface area contributed by atoms with E-state index in [1.54, 1.807) is 25.1 Å². The molecule has 0 aliphatic heterocycles. The van der Waals surface area contributed by atoms with E-state index in [1.165, 1.54) is 12.1 Å². The van der Waals surface area contributed by atoms with Gasteiger partial charge in [0.1, 0.15) is 5.82 Å². The molecule has 0 spiro atoms. The van der Waals surface area contributed by atoms with Gasteiger partial charge in [0.25, 0.3) is 0 Å². The number of halogens is 1. The Morgan fingerprint density at radius 2 is 1.74 bits per heavy atom. The summed E-state index contributed by atoms with van der Waals surface area (Å²) in [5.74, 6) is -0.391. The molecule has 98 valence electrons. The summed E-state index contributed by atoms with van der Waals surface area (Å²) in [7, 11) is 0. The van der Waals surface area contributed by atoms with Crippen molar-refractivity contribution in [3.05, 3.63) is 70.5 Å². The summed E-state index contributed by atoms with van der Waals surface area (Å²) in [6.07, 6.45) is 0.796. The molecule has 0 heterocycles. The highest BCUT2D eigenvalue weighted by molar-refractivity contribution is 6.09. The standard InChI is InChI=1S/C16H16FNO/c1-11-10-14(6-7-15(11)17)16(19)13-4-2-12(3-5-13)8-9-18/h2-7,10H,8-9,18H2,1H3. The summed E-state index contributed by atoms with van der Waals surface area (Å²) in [6, 6.07) is 11.8. The van der Waals surface area contributed by atoms with Crippen molar-refractivity contribution in [2.24, 2.45) is 5.73 Å². The molecule has 2 aromatic rings. The van der Waals surface area contributed by atoms with Gasteiger partial charge < -0.3 is 5.73 Å². The van der Waals surface area contributed by atoms with Crippen LogP contribution in [-0.2, 0) is 6.42 Å². The van der Waals surface area contributed by atoms with Gasteiger partial charge in [-0.3, -0.25) is 4.79 Å². The number of carbonyl (C=O) groups excluding carboxylic acids is 1. The van der Waals surface area contributed by atoms with Gasteiger partial charge in [-0.1, -0.05) is 24.3 Å². The Bertz CT molecular complexity index is 590. The zero-order chi connectivity index (χ0) is 13.8. The van der Waals surface area contributed by atoms with E-state index in [0.717, 1.165) is 12.0 Å². The molecule has 19 heavy (non-hydrogen) atoms. The Morgan fingerprint density at radius 1 is 1.11 bits per heavy atom. The van der Waals surface area contributed by atoms with E-state index >= 15 is 0 Å². The van der Waals surface area contributed by atoms with Crippen LogP contribution >= 0.6 is 0 Å². The third-order valence-corrected chi connectivity index (χ3v) is 3.07. The first-order chi connectivity index (χ1) is 9.11. The van der Waals surface area contributed by atoms with Crippen molar-refractivity contribution in [3.8, 4) is 0 Å². The van der Waals surface area contributed by atoms with E-state index in [0.29, 0.717) is 23.2 Å². The average molecular weight is 257 g/mol. The molecule has 0 saturated heterocycles. The molecule has 2 rings (SSSR count). The number of aryl methyl sites for hydroxylation is 1. The lowest BCUT2D eigenvalue weighted by molar-refractivity contribution is 0.103. The van der Waals surface area contributed by atoms with Gasteiger partial charge in [0.15, 0.2) is 5.78 Å². The van der Waals surface area contributed by atoms with E-state index < -0.39 is 0 Å². The second-order valence-corrected chi connectivity index (χ2v) is 4.53. The fourth-order valence-corrected chi connectivity index (χ4v) is 1.94. The van der Waals surface area contributed by atoms with Crippen LogP contribution in [0, 0.1) is 12.7 Å². The first kappa shape index (κ1) is 13.4. The topological polar surface area (TPSA) is 43.1 Å². The predicted octanol–water partition coefficient (Wildman–Crippen LogP) is 2.87. The van der Waals surface area contributed by atoms with Crippen LogP contribution in [-0.4, -0.2) is 12.3 Å². The fraction of sp³-hybridized carbons (Fsp3) is 0.188. The summed E-state index contributed by atoms with van der Waals surface area (Å²) in [5, 5.41) is 0. The molecule has 0 unspecified atom stereocenters. The molecule has 2 nitrogen and oxygen atoms in total. The SMILES string of the molecule is Cc1cc(C(=O)c2ccc(CCN)cc2)ccc1F. The molecule has 2 N–H and O–H groups in total. The van der Waals surface area contributed by atoms with E-state index in [2.05, 4.69) is 0 Å². The molecule has 0 aliphatic carbocycles. The summed E-state index contributed by atoms with van der Waals surface area (Å²) < 4.78 is 13.2. The van der Waals surface area contributed by atoms with Crippen molar-refractivity contribution in [2.75, 3.05) is 6.54 Å². The lowest BCUT2D eigenvalue weighted by atomic mass is 10.00. The molecule has 0 aromatic heterocycles. The molecule has 0 radical (unpaired) electrons. The summed E-state index contributed by atoms with van der Waals surface area (Å²) in [6.45, 7) is 2.24. The third-order valence-electron chi connectivity index (χ3n) is 3.07.